The van der Waals surface area contributed by atoms with Crippen molar-refractivity contribution in [3.63, 3.8) is 0 Å². The highest BCUT2D eigenvalue weighted by molar-refractivity contribution is 6.00. The zero-order valence-corrected chi connectivity index (χ0v) is 20.3. The number of amides is 1. The predicted molar refractivity (Wildman–Crippen MR) is 129 cm³/mol. The lowest BCUT2D eigenvalue weighted by Gasteiger charge is -2.27. The number of phenolic OH excluding ortho intramolecular Hbond substituents is 1. The lowest BCUT2D eigenvalue weighted by molar-refractivity contribution is 0.0723. The van der Waals surface area contributed by atoms with E-state index < -0.39 is 6.04 Å². The molecule has 0 radical (unpaired) electrons. The number of fused-ring (bicyclic) bond motifs is 1. The topological polar surface area (TPSA) is 96.9 Å². The number of benzene rings is 2. The molecule has 8 heteroatoms. The molecule has 2 N–H and O–H groups in total. The van der Waals surface area contributed by atoms with Gasteiger partial charge in [-0.3, -0.25) is 9.89 Å². The number of H-pyrrole nitrogens is 1. The minimum Gasteiger partial charge on any atom is -0.507 e. The molecule has 0 spiro atoms. The Bertz CT molecular complexity index is 1200. The molecule has 1 unspecified atom stereocenters. The summed E-state index contributed by atoms with van der Waals surface area (Å²) in [5.74, 6) is 1.26. The Hall–Kier alpha value is -3.52. The molecule has 1 amide bonds. The van der Waals surface area contributed by atoms with E-state index in [9.17, 15) is 9.90 Å². The van der Waals surface area contributed by atoms with Gasteiger partial charge in [0.05, 0.1) is 19.8 Å². The van der Waals surface area contributed by atoms with Crippen LogP contribution in [0.3, 0.4) is 0 Å². The number of ether oxygens (including phenoxy) is 3. The quantitative estimate of drug-likeness (QED) is 0.455. The summed E-state index contributed by atoms with van der Waals surface area (Å²) in [4.78, 5) is 15.3. The summed E-state index contributed by atoms with van der Waals surface area (Å²) in [7, 11) is 3.24. The van der Waals surface area contributed by atoms with Crippen LogP contribution in [0.2, 0.25) is 0 Å². The minimum absolute atomic E-state index is 0.133. The Kier molecular flexibility index (Phi) is 6.79. The fraction of sp³-hybridized carbons (Fsp3) is 0.385. The number of nitrogens with one attached hydrogen (secondary N) is 1. The normalized spacial score (nSPS) is 15.0. The summed E-state index contributed by atoms with van der Waals surface area (Å²) in [5.41, 5.74) is 4.98. The van der Waals surface area contributed by atoms with Crippen LogP contribution in [0.4, 0.5) is 0 Å². The van der Waals surface area contributed by atoms with Gasteiger partial charge in [0.15, 0.2) is 11.5 Å². The molecule has 180 valence electrons. The molecule has 1 aromatic heterocycles. The van der Waals surface area contributed by atoms with Crippen LogP contribution in [-0.2, 0) is 4.74 Å². The molecular weight excluding hydrogens is 434 g/mol. The third-order valence-electron chi connectivity index (χ3n) is 6.11. The van der Waals surface area contributed by atoms with Crippen molar-refractivity contribution in [3.05, 3.63) is 58.3 Å². The second kappa shape index (κ2) is 9.77. The maximum atomic E-state index is 13.5. The van der Waals surface area contributed by atoms with Crippen molar-refractivity contribution in [2.45, 2.75) is 33.2 Å². The minimum atomic E-state index is -0.405. The van der Waals surface area contributed by atoms with E-state index in [4.69, 9.17) is 14.2 Å². The third-order valence-corrected chi connectivity index (χ3v) is 6.11. The van der Waals surface area contributed by atoms with Crippen molar-refractivity contribution in [1.82, 2.24) is 15.1 Å². The summed E-state index contributed by atoms with van der Waals surface area (Å²) in [5, 5.41) is 18.3. The first-order valence-electron chi connectivity index (χ1n) is 11.4. The van der Waals surface area contributed by atoms with Gasteiger partial charge in [-0.2, -0.15) is 5.10 Å². The molecule has 0 saturated carbocycles. The number of hydrogen-bond donors (Lipinski definition) is 2. The molecule has 4 rings (SSSR count). The predicted octanol–water partition coefficient (Wildman–Crippen LogP) is 4.39. The highest BCUT2D eigenvalue weighted by atomic mass is 16.5. The van der Waals surface area contributed by atoms with Gasteiger partial charge in [-0.1, -0.05) is 12.1 Å². The van der Waals surface area contributed by atoms with Crippen molar-refractivity contribution < 1.29 is 24.1 Å². The summed E-state index contributed by atoms with van der Waals surface area (Å²) >= 11 is 0. The molecule has 0 fully saturated rings. The van der Waals surface area contributed by atoms with Gasteiger partial charge in [-0.25, -0.2) is 0 Å². The monoisotopic (exact) mass is 465 g/mol. The maximum Gasteiger partial charge on any atom is 0.273 e. The van der Waals surface area contributed by atoms with E-state index in [1.807, 2.05) is 56.0 Å². The number of aromatic hydroxyl groups is 1. The molecule has 8 nitrogen and oxygen atoms in total. The molecule has 34 heavy (non-hydrogen) atoms. The number of nitrogens with zero attached hydrogens (tertiary/aromatic N) is 2. The Morgan fingerprint density at radius 1 is 1.15 bits per heavy atom. The highest BCUT2D eigenvalue weighted by Crippen LogP contribution is 2.46. The largest absolute Gasteiger partial charge is 0.507 e. The van der Waals surface area contributed by atoms with E-state index in [1.165, 1.54) is 0 Å². The summed E-state index contributed by atoms with van der Waals surface area (Å²) < 4.78 is 16.5. The molecule has 0 bridgehead atoms. The van der Waals surface area contributed by atoms with E-state index in [-0.39, 0.29) is 11.7 Å². The number of carbonyl (C=O) groups excluding carboxylic acids is 1. The van der Waals surface area contributed by atoms with Crippen molar-refractivity contribution in [2.75, 3.05) is 34.0 Å². The molecule has 1 aliphatic rings. The Balaban J connectivity index is 1.88. The molecular formula is C26H31N3O5. The number of carbonyl (C=O) groups is 1. The van der Waals surface area contributed by atoms with Crippen molar-refractivity contribution in [2.24, 2.45) is 0 Å². The van der Waals surface area contributed by atoms with E-state index >= 15 is 0 Å². The fourth-order valence-electron chi connectivity index (χ4n) is 4.63. The van der Waals surface area contributed by atoms with Gasteiger partial charge in [0, 0.05) is 31.4 Å². The molecule has 2 heterocycles. The van der Waals surface area contributed by atoms with Gasteiger partial charge in [0.2, 0.25) is 0 Å². The zero-order valence-electron chi connectivity index (χ0n) is 20.3. The molecule has 2 aromatic carbocycles. The SMILES string of the molecule is CCOc1ccc(C2c3c(-c4cc(C)cc(C)c4O)n[nH]c3C(=O)N2CCCOC)cc1OC. The Labute approximate surface area is 199 Å². The van der Waals surface area contributed by atoms with Crippen LogP contribution in [0.25, 0.3) is 11.3 Å². The first kappa shape index (κ1) is 23.6. The number of aryl methyl sites for hydroxylation is 2. The molecule has 1 aliphatic heterocycles. The van der Waals surface area contributed by atoms with E-state index in [0.717, 1.165) is 22.3 Å². The zero-order chi connectivity index (χ0) is 24.4. The molecule has 1 atom stereocenters. The van der Waals surface area contributed by atoms with Crippen molar-refractivity contribution in [1.29, 1.82) is 0 Å². The fourth-order valence-corrected chi connectivity index (χ4v) is 4.63. The van der Waals surface area contributed by atoms with Crippen LogP contribution in [0.15, 0.2) is 30.3 Å². The highest BCUT2D eigenvalue weighted by Gasteiger charge is 2.42. The van der Waals surface area contributed by atoms with Gasteiger partial charge in [-0.15, -0.1) is 0 Å². The van der Waals surface area contributed by atoms with Crippen molar-refractivity contribution in [3.8, 4) is 28.5 Å². The summed E-state index contributed by atoms with van der Waals surface area (Å²) in [6.07, 6.45) is 0.689. The lowest BCUT2D eigenvalue weighted by Crippen LogP contribution is -2.31. The molecule has 0 saturated heterocycles. The first-order chi connectivity index (χ1) is 16.4. The molecule has 0 aliphatic carbocycles. The van der Waals surface area contributed by atoms with Crippen LogP contribution in [0, 0.1) is 13.8 Å². The van der Waals surface area contributed by atoms with E-state index in [2.05, 4.69) is 10.2 Å². The average Bonchev–Trinajstić information content (AvgIpc) is 3.36. The van der Waals surface area contributed by atoms with Gasteiger partial charge >= 0.3 is 0 Å². The average molecular weight is 466 g/mol. The van der Waals surface area contributed by atoms with Crippen LogP contribution < -0.4 is 9.47 Å². The van der Waals surface area contributed by atoms with Gasteiger partial charge in [0.1, 0.15) is 17.1 Å². The van der Waals surface area contributed by atoms with Crippen molar-refractivity contribution >= 4 is 5.91 Å². The number of phenols is 1. The summed E-state index contributed by atoms with van der Waals surface area (Å²) in [6, 6.07) is 9.12. The van der Waals surface area contributed by atoms with Crippen LogP contribution in [-0.4, -0.2) is 60.1 Å². The Morgan fingerprint density at radius 3 is 2.65 bits per heavy atom. The number of aromatic amines is 1. The van der Waals surface area contributed by atoms with Gasteiger partial charge in [0.25, 0.3) is 5.91 Å². The third kappa shape index (κ3) is 4.09. The second-order valence-electron chi connectivity index (χ2n) is 8.43. The summed E-state index contributed by atoms with van der Waals surface area (Å²) in [6.45, 7) is 7.31. The maximum absolute atomic E-state index is 13.5. The van der Waals surface area contributed by atoms with Gasteiger partial charge in [-0.05, 0) is 62.1 Å². The van der Waals surface area contributed by atoms with E-state index in [0.29, 0.717) is 54.6 Å². The van der Waals surface area contributed by atoms with E-state index in [1.54, 1.807) is 14.2 Å². The second-order valence-corrected chi connectivity index (χ2v) is 8.43. The number of methoxy groups -OCH3 is 2. The standard InChI is InChI=1S/C26H31N3O5/c1-6-34-19-9-8-17(14-20(19)33-5)24-21-22(18-13-15(2)12-16(3)25(18)30)27-28-23(21)26(31)29(24)10-7-11-32-4/h8-9,12-14,24,30H,6-7,10-11H2,1-5H3,(H,27,28). The number of hydrogen-bond acceptors (Lipinski definition) is 6. The van der Waals surface area contributed by atoms with Gasteiger partial charge < -0.3 is 24.2 Å². The Morgan fingerprint density at radius 2 is 1.94 bits per heavy atom. The first-order valence-corrected chi connectivity index (χ1v) is 11.4. The lowest BCUT2D eigenvalue weighted by atomic mass is 9.94. The number of rotatable bonds is 9. The van der Waals surface area contributed by atoms with Crippen LogP contribution in [0.5, 0.6) is 17.2 Å². The number of aromatic nitrogens is 2. The van der Waals surface area contributed by atoms with Crippen LogP contribution in [0.1, 0.15) is 52.1 Å². The molecule has 3 aromatic rings. The van der Waals surface area contributed by atoms with Crippen LogP contribution >= 0.6 is 0 Å². The smallest absolute Gasteiger partial charge is 0.273 e.